The second-order valence-electron chi connectivity index (χ2n) is 4.38. The fraction of sp³-hybridized carbons (Fsp3) is 0.286. The number of rotatable bonds is 5. The molecule has 0 saturated carbocycles. The Hall–Kier alpha value is -1.95. The number of hydrogen-bond donors (Lipinski definition) is 2. The minimum atomic E-state index is -1.27. The van der Waals surface area contributed by atoms with Gasteiger partial charge >= 0.3 is 5.97 Å². The van der Waals surface area contributed by atoms with Crippen LogP contribution in [0.2, 0.25) is 0 Å². The summed E-state index contributed by atoms with van der Waals surface area (Å²) in [5.41, 5.74) is 0.207. The molecule has 0 aliphatic carbocycles. The second kappa shape index (κ2) is 6.00. The number of nitrogens with zero attached hydrogens (tertiary/aromatic N) is 1. The number of hydrogen-bond acceptors (Lipinski definition) is 4. The van der Waals surface area contributed by atoms with Gasteiger partial charge in [0, 0.05) is 16.8 Å². The first-order valence-corrected chi connectivity index (χ1v) is 7.07. The molecule has 0 spiro atoms. The van der Waals surface area contributed by atoms with E-state index in [0.717, 1.165) is 11.4 Å². The van der Waals surface area contributed by atoms with Crippen LogP contribution in [-0.2, 0) is 6.42 Å². The highest BCUT2D eigenvalue weighted by molar-refractivity contribution is 7.11. The molecule has 1 aromatic carbocycles. The average molecular weight is 294 g/mol. The van der Waals surface area contributed by atoms with E-state index in [4.69, 9.17) is 5.11 Å². The molecule has 20 heavy (non-hydrogen) atoms. The zero-order chi connectivity index (χ0) is 14.7. The van der Waals surface area contributed by atoms with E-state index in [1.165, 1.54) is 17.0 Å². The molecule has 0 amide bonds. The lowest BCUT2D eigenvalue weighted by atomic mass is 10.2. The molecule has 0 aliphatic heterocycles. The minimum Gasteiger partial charge on any atom is -0.478 e. The van der Waals surface area contributed by atoms with Crippen LogP contribution in [0.5, 0.6) is 0 Å². The van der Waals surface area contributed by atoms with Crippen molar-refractivity contribution < 1.29 is 14.3 Å². The summed E-state index contributed by atoms with van der Waals surface area (Å²) in [7, 11) is 0. The molecular formula is C14H15FN2O2S. The van der Waals surface area contributed by atoms with Crippen LogP contribution in [-0.4, -0.2) is 16.1 Å². The Morgan fingerprint density at radius 2 is 2.30 bits per heavy atom. The van der Waals surface area contributed by atoms with Crippen molar-refractivity contribution in [3.8, 4) is 0 Å². The molecule has 1 unspecified atom stereocenters. The number of carboxylic acids is 1. The number of aromatic nitrogens is 1. The molecule has 0 saturated heterocycles. The Kier molecular flexibility index (Phi) is 4.34. The summed E-state index contributed by atoms with van der Waals surface area (Å²) in [6.07, 6.45) is 2.78. The number of carboxylic acid groups (broad SMARTS) is 1. The third-order valence-corrected chi connectivity index (χ3v) is 4.20. The number of benzene rings is 1. The standard InChI is InChI=1S/C14H15FN2O2S/c1-3-10-7-16-13(20-10)8(2)17-9-4-5-11(14(18)19)12(15)6-9/h4-8,17H,3H2,1-2H3,(H,18,19). The van der Waals surface area contributed by atoms with Crippen LogP contribution in [0, 0.1) is 5.82 Å². The molecule has 106 valence electrons. The molecule has 0 fully saturated rings. The normalized spacial score (nSPS) is 12.2. The largest absolute Gasteiger partial charge is 0.478 e. The molecule has 2 N–H and O–H groups in total. The van der Waals surface area contributed by atoms with Crippen LogP contribution in [0.3, 0.4) is 0 Å². The van der Waals surface area contributed by atoms with E-state index in [1.807, 2.05) is 13.1 Å². The number of nitrogens with one attached hydrogen (secondary N) is 1. The number of carbonyl (C=O) groups is 1. The van der Waals surface area contributed by atoms with Crippen LogP contribution in [0.1, 0.15) is 40.1 Å². The summed E-state index contributed by atoms with van der Waals surface area (Å²) < 4.78 is 13.6. The molecule has 2 rings (SSSR count). The first-order valence-electron chi connectivity index (χ1n) is 6.25. The van der Waals surface area contributed by atoms with Gasteiger partial charge in [-0.2, -0.15) is 0 Å². The molecular weight excluding hydrogens is 279 g/mol. The SMILES string of the molecule is CCc1cnc(C(C)Nc2ccc(C(=O)O)c(F)c2)s1. The van der Waals surface area contributed by atoms with Crippen molar-refractivity contribution in [2.45, 2.75) is 26.3 Å². The summed E-state index contributed by atoms with van der Waals surface area (Å²) in [4.78, 5) is 16.3. The van der Waals surface area contributed by atoms with Crippen molar-refractivity contribution in [1.29, 1.82) is 0 Å². The molecule has 1 heterocycles. The second-order valence-corrected chi connectivity index (χ2v) is 5.53. The van der Waals surface area contributed by atoms with Crippen LogP contribution in [0.4, 0.5) is 10.1 Å². The van der Waals surface area contributed by atoms with Gasteiger partial charge in [-0.15, -0.1) is 11.3 Å². The van der Waals surface area contributed by atoms with Gasteiger partial charge in [0.25, 0.3) is 0 Å². The third kappa shape index (κ3) is 3.14. The van der Waals surface area contributed by atoms with E-state index in [1.54, 1.807) is 17.4 Å². The summed E-state index contributed by atoms with van der Waals surface area (Å²) >= 11 is 1.61. The lowest BCUT2D eigenvalue weighted by molar-refractivity contribution is 0.0692. The van der Waals surface area contributed by atoms with Crippen LogP contribution < -0.4 is 5.32 Å². The van der Waals surface area contributed by atoms with Gasteiger partial charge in [-0.05, 0) is 31.5 Å². The van der Waals surface area contributed by atoms with E-state index >= 15 is 0 Å². The quantitative estimate of drug-likeness (QED) is 0.882. The third-order valence-electron chi connectivity index (χ3n) is 2.87. The number of halogens is 1. The van der Waals surface area contributed by atoms with Crippen molar-refractivity contribution in [2.24, 2.45) is 0 Å². The van der Waals surface area contributed by atoms with E-state index in [2.05, 4.69) is 17.2 Å². The predicted molar refractivity (Wildman–Crippen MR) is 76.9 cm³/mol. The Morgan fingerprint density at radius 1 is 1.55 bits per heavy atom. The van der Waals surface area contributed by atoms with Gasteiger partial charge in [0.1, 0.15) is 10.8 Å². The summed E-state index contributed by atoms with van der Waals surface area (Å²) in [5, 5.41) is 12.8. The first-order chi connectivity index (χ1) is 9.51. The molecule has 4 nitrogen and oxygen atoms in total. The van der Waals surface area contributed by atoms with Crippen molar-refractivity contribution >= 4 is 23.0 Å². The topological polar surface area (TPSA) is 62.2 Å². The smallest absolute Gasteiger partial charge is 0.338 e. The van der Waals surface area contributed by atoms with Crippen LogP contribution in [0.15, 0.2) is 24.4 Å². The number of thiazole rings is 1. The molecule has 0 aliphatic rings. The fourth-order valence-electron chi connectivity index (χ4n) is 1.78. The van der Waals surface area contributed by atoms with Gasteiger partial charge in [0.2, 0.25) is 0 Å². The molecule has 0 bridgehead atoms. The monoisotopic (exact) mass is 294 g/mol. The maximum atomic E-state index is 13.6. The van der Waals surface area contributed by atoms with Crippen LogP contribution >= 0.6 is 11.3 Å². The first kappa shape index (κ1) is 14.5. The molecule has 0 radical (unpaired) electrons. The summed E-state index contributed by atoms with van der Waals surface area (Å²) in [6.45, 7) is 4.00. The lowest BCUT2D eigenvalue weighted by Crippen LogP contribution is -2.07. The summed E-state index contributed by atoms with van der Waals surface area (Å²) in [6, 6.07) is 3.94. The van der Waals surface area contributed by atoms with Crippen molar-refractivity contribution in [3.63, 3.8) is 0 Å². The Labute approximate surface area is 120 Å². The van der Waals surface area contributed by atoms with Crippen molar-refractivity contribution in [1.82, 2.24) is 4.98 Å². The van der Waals surface area contributed by atoms with Gasteiger partial charge in [0.05, 0.1) is 11.6 Å². The van der Waals surface area contributed by atoms with Gasteiger partial charge < -0.3 is 10.4 Å². The average Bonchev–Trinajstić information content (AvgIpc) is 2.87. The van der Waals surface area contributed by atoms with Gasteiger partial charge in [-0.25, -0.2) is 14.2 Å². The van der Waals surface area contributed by atoms with Gasteiger partial charge in [0.15, 0.2) is 0 Å². The maximum absolute atomic E-state index is 13.6. The maximum Gasteiger partial charge on any atom is 0.338 e. The zero-order valence-corrected chi connectivity index (χ0v) is 12.0. The van der Waals surface area contributed by atoms with E-state index in [9.17, 15) is 9.18 Å². The molecule has 6 heteroatoms. The minimum absolute atomic E-state index is 0.0598. The lowest BCUT2D eigenvalue weighted by Gasteiger charge is -2.13. The molecule has 1 aromatic heterocycles. The van der Waals surface area contributed by atoms with E-state index < -0.39 is 11.8 Å². The Morgan fingerprint density at radius 3 is 2.85 bits per heavy atom. The number of aryl methyl sites for hydroxylation is 1. The van der Waals surface area contributed by atoms with Gasteiger partial charge in [-0.1, -0.05) is 6.92 Å². The predicted octanol–water partition coefficient (Wildman–Crippen LogP) is 3.72. The Bertz CT molecular complexity index is 627. The van der Waals surface area contributed by atoms with E-state index in [-0.39, 0.29) is 11.6 Å². The van der Waals surface area contributed by atoms with Gasteiger partial charge in [-0.3, -0.25) is 0 Å². The van der Waals surface area contributed by atoms with Crippen molar-refractivity contribution in [2.75, 3.05) is 5.32 Å². The highest BCUT2D eigenvalue weighted by Crippen LogP contribution is 2.25. The zero-order valence-electron chi connectivity index (χ0n) is 11.2. The molecule has 1 atom stereocenters. The van der Waals surface area contributed by atoms with E-state index in [0.29, 0.717) is 5.69 Å². The Balaban J connectivity index is 2.13. The number of anilines is 1. The fourth-order valence-corrected chi connectivity index (χ4v) is 2.64. The molecule has 2 aromatic rings. The number of aromatic carboxylic acids is 1. The summed E-state index contributed by atoms with van der Waals surface area (Å²) in [5.74, 6) is -2.02. The highest BCUT2D eigenvalue weighted by Gasteiger charge is 2.13. The van der Waals surface area contributed by atoms with Crippen molar-refractivity contribution in [3.05, 3.63) is 45.7 Å². The van der Waals surface area contributed by atoms with Crippen LogP contribution in [0.25, 0.3) is 0 Å². The highest BCUT2D eigenvalue weighted by atomic mass is 32.1.